The summed E-state index contributed by atoms with van der Waals surface area (Å²) in [6, 6.07) is 0. The number of hydrogen-bond donors (Lipinski definition) is 4. The molecule has 108 valence electrons. The number of hydrogen-bond acceptors (Lipinski definition) is 4. The average Bonchev–Trinajstić information content (AvgIpc) is 2.42. The van der Waals surface area contributed by atoms with Crippen LogP contribution in [-0.4, -0.2) is 30.5 Å². The summed E-state index contributed by atoms with van der Waals surface area (Å²) in [6.07, 6.45) is 8.04. The minimum Gasteiger partial charge on any atom is -0.383 e. The van der Waals surface area contributed by atoms with Crippen LogP contribution in [-0.2, 0) is 4.79 Å². The number of nitrogens with one attached hydrogen (secondary N) is 1. The van der Waals surface area contributed by atoms with Gasteiger partial charge in [-0.25, -0.2) is 0 Å². The van der Waals surface area contributed by atoms with Gasteiger partial charge < -0.3 is 22.6 Å². The fraction of sp³-hybridized carbons (Fsp3) is 0.214. The second-order valence-electron chi connectivity index (χ2n) is 3.74. The molecule has 7 N–H and O–H groups in total. The van der Waals surface area contributed by atoms with Crippen LogP contribution >= 0.6 is 0 Å². The Hall–Kier alpha value is -2.47. The molecular weight excluding hydrogens is 254 g/mol. The number of nitrogens with two attached hydrogens (primary N) is 3. The Balaban J connectivity index is 5.44. The highest BCUT2D eigenvalue weighted by Gasteiger charge is 2.11. The van der Waals surface area contributed by atoms with Gasteiger partial charge in [-0.1, -0.05) is 30.9 Å². The van der Waals surface area contributed by atoms with Gasteiger partial charge in [0, 0.05) is 6.54 Å². The molecule has 0 fully saturated rings. The fourth-order valence-corrected chi connectivity index (χ4v) is 1.24. The molecule has 0 aliphatic heterocycles. The Kier molecular flexibility index (Phi) is 8.29. The molecule has 0 bridgehead atoms. The maximum Gasteiger partial charge on any atom is 0.252 e. The molecule has 0 aromatic carbocycles. The largest absolute Gasteiger partial charge is 0.383 e. The molecule has 6 nitrogen and oxygen atoms in total. The molecule has 0 aliphatic rings. The number of rotatable bonds is 8. The van der Waals surface area contributed by atoms with Crippen LogP contribution in [0, 0.1) is 5.41 Å². The first-order valence-electron chi connectivity index (χ1n) is 6.04. The van der Waals surface area contributed by atoms with E-state index in [0.717, 1.165) is 0 Å². The van der Waals surface area contributed by atoms with Crippen molar-refractivity contribution < 1.29 is 4.79 Å². The van der Waals surface area contributed by atoms with Crippen molar-refractivity contribution in [1.82, 2.24) is 0 Å². The van der Waals surface area contributed by atoms with Crippen molar-refractivity contribution in [2.24, 2.45) is 22.2 Å². The van der Waals surface area contributed by atoms with Gasteiger partial charge in [-0.05, 0) is 18.6 Å². The van der Waals surface area contributed by atoms with E-state index in [1.54, 1.807) is 12.2 Å². The molecule has 0 aromatic heterocycles. The van der Waals surface area contributed by atoms with Crippen molar-refractivity contribution in [2.75, 3.05) is 13.1 Å². The summed E-state index contributed by atoms with van der Waals surface area (Å²) in [5.74, 6) is -0.774. The van der Waals surface area contributed by atoms with E-state index in [9.17, 15) is 4.79 Å². The van der Waals surface area contributed by atoms with Crippen molar-refractivity contribution >= 4 is 17.5 Å². The van der Waals surface area contributed by atoms with Crippen molar-refractivity contribution in [3.63, 3.8) is 0 Å². The van der Waals surface area contributed by atoms with E-state index in [1.807, 2.05) is 13.0 Å². The number of carbonyl (C=O) groups is 1. The molecule has 20 heavy (non-hydrogen) atoms. The maximum atomic E-state index is 11.4. The molecule has 0 rings (SSSR count). The molecule has 0 radical (unpaired) electrons. The number of aliphatic imine (C=N–C) groups is 1. The molecule has 0 aliphatic carbocycles. The van der Waals surface area contributed by atoms with Gasteiger partial charge in [0.15, 0.2) is 0 Å². The molecule has 1 amide bonds. The lowest BCUT2D eigenvalue weighted by Crippen LogP contribution is -2.28. The Bertz CT molecular complexity index is 498. The molecule has 0 spiro atoms. The molecule has 0 saturated carbocycles. The van der Waals surface area contributed by atoms with E-state index >= 15 is 0 Å². The summed E-state index contributed by atoms with van der Waals surface area (Å²) in [7, 11) is 0. The van der Waals surface area contributed by atoms with Crippen LogP contribution < -0.4 is 17.2 Å². The van der Waals surface area contributed by atoms with Crippen molar-refractivity contribution in [2.45, 2.75) is 6.92 Å². The van der Waals surface area contributed by atoms with E-state index in [2.05, 4.69) is 11.6 Å². The van der Waals surface area contributed by atoms with Crippen LogP contribution in [0.5, 0.6) is 0 Å². The SMILES string of the molecule is C=C/C(=C\C=C/C)C(=N)/C=C(/C(N)=O)C(N)=NCCN. The zero-order valence-electron chi connectivity index (χ0n) is 11.6. The molecule has 0 atom stereocenters. The van der Waals surface area contributed by atoms with Crippen LogP contribution in [0.25, 0.3) is 0 Å². The molecule has 6 heteroatoms. The highest BCUT2D eigenvalue weighted by molar-refractivity contribution is 6.25. The summed E-state index contributed by atoms with van der Waals surface area (Å²) in [5.41, 5.74) is 16.8. The third kappa shape index (κ3) is 5.92. The highest BCUT2D eigenvalue weighted by Crippen LogP contribution is 2.04. The predicted octanol–water partition coefficient (Wildman–Crippen LogP) is 0.422. The third-order valence-electron chi connectivity index (χ3n) is 2.24. The normalized spacial score (nSPS) is 13.6. The minimum atomic E-state index is -0.748. The van der Waals surface area contributed by atoms with Gasteiger partial charge in [0.25, 0.3) is 5.91 Å². The third-order valence-corrected chi connectivity index (χ3v) is 2.24. The van der Waals surface area contributed by atoms with E-state index < -0.39 is 5.91 Å². The molecule has 0 unspecified atom stereocenters. The van der Waals surface area contributed by atoms with Gasteiger partial charge in [0.1, 0.15) is 5.84 Å². The van der Waals surface area contributed by atoms with Crippen LogP contribution in [0.3, 0.4) is 0 Å². The second kappa shape index (κ2) is 9.46. The van der Waals surface area contributed by atoms with Gasteiger partial charge >= 0.3 is 0 Å². The smallest absolute Gasteiger partial charge is 0.252 e. The van der Waals surface area contributed by atoms with Crippen molar-refractivity contribution in [1.29, 1.82) is 5.41 Å². The first-order valence-corrected chi connectivity index (χ1v) is 6.04. The van der Waals surface area contributed by atoms with Gasteiger partial charge in [-0.2, -0.15) is 0 Å². The molecule has 0 aromatic rings. The molecule has 0 saturated heterocycles. The average molecular weight is 275 g/mol. The zero-order valence-corrected chi connectivity index (χ0v) is 11.6. The summed E-state index contributed by atoms with van der Waals surface area (Å²) in [4.78, 5) is 15.3. The van der Waals surface area contributed by atoms with Crippen LogP contribution in [0.1, 0.15) is 6.92 Å². The van der Waals surface area contributed by atoms with Crippen molar-refractivity contribution in [3.05, 3.63) is 48.1 Å². The quantitative estimate of drug-likeness (QED) is 0.221. The van der Waals surface area contributed by atoms with Gasteiger partial charge in [-0.15, -0.1) is 0 Å². The van der Waals surface area contributed by atoms with Crippen molar-refractivity contribution in [3.8, 4) is 0 Å². The Labute approximate surface area is 118 Å². The Morgan fingerprint density at radius 2 is 2.05 bits per heavy atom. The number of nitrogens with zero attached hydrogens (tertiary/aromatic N) is 1. The Morgan fingerprint density at radius 3 is 2.50 bits per heavy atom. The standard InChI is InChI=1S/C14H21N5O/c1-3-5-6-10(4-2)12(16)9-11(14(18)20)13(17)19-8-7-15/h3-6,9,16H,2,7-8,15H2,1H3,(H2,17,19)(H2,18,20)/b5-3-,10-6+,11-9+,16-12?. The predicted molar refractivity (Wildman–Crippen MR) is 83.6 cm³/mol. The monoisotopic (exact) mass is 275 g/mol. The fourth-order valence-electron chi connectivity index (χ4n) is 1.24. The number of amidine groups is 1. The van der Waals surface area contributed by atoms with Gasteiger partial charge in [-0.3, -0.25) is 9.79 Å². The maximum absolute atomic E-state index is 11.4. The van der Waals surface area contributed by atoms with Crippen LogP contribution in [0.4, 0.5) is 0 Å². The first-order chi connectivity index (χ1) is 9.47. The Morgan fingerprint density at radius 1 is 1.40 bits per heavy atom. The van der Waals surface area contributed by atoms with Gasteiger partial charge in [0.2, 0.25) is 0 Å². The lowest BCUT2D eigenvalue weighted by molar-refractivity contribution is -0.114. The molecule has 0 heterocycles. The lowest BCUT2D eigenvalue weighted by atomic mass is 10.1. The number of allylic oxidation sites excluding steroid dienone is 6. The second-order valence-corrected chi connectivity index (χ2v) is 3.74. The lowest BCUT2D eigenvalue weighted by Gasteiger charge is -2.05. The van der Waals surface area contributed by atoms with Crippen LogP contribution in [0.15, 0.2) is 53.1 Å². The number of primary amides is 1. The van der Waals surface area contributed by atoms with E-state index in [4.69, 9.17) is 22.6 Å². The first kappa shape index (κ1) is 17.5. The van der Waals surface area contributed by atoms with Crippen LogP contribution in [0.2, 0.25) is 0 Å². The summed E-state index contributed by atoms with van der Waals surface area (Å²) in [5, 5.41) is 7.93. The van der Waals surface area contributed by atoms with E-state index in [0.29, 0.717) is 12.1 Å². The number of amides is 1. The highest BCUT2D eigenvalue weighted by atomic mass is 16.1. The summed E-state index contributed by atoms with van der Waals surface area (Å²) >= 11 is 0. The van der Waals surface area contributed by atoms with Gasteiger partial charge in [0.05, 0.1) is 17.8 Å². The topological polar surface area (TPSA) is 131 Å². The van der Waals surface area contributed by atoms with E-state index in [-0.39, 0.29) is 23.7 Å². The number of carbonyl (C=O) groups excluding carboxylic acids is 1. The van der Waals surface area contributed by atoms with E-state index in [1.165, 1.54) is 12.2 Å². The zero-order chi connectivity index (χ0) is 15.5. The summed E-state index contributed by atoms with van der Waals surface area (Å²) in [6.45, 7) is 6.06. The summed E-state index contributed by atoms with van der Waals surface area (Å²) < 4.78 is 0. The minimum absolute atomic E-state index is 0.0170. The molecular formula is C14H21N5O.